The lowest BCUT2D eigenvalue weighted by Crippen LogP contribution is -2.44. The largest absolute Gasteiger partial charge is 0.670 e. The molecule has 0 bridgehead atoms. The number of nitrogens with one attached hydrogen (secondary N) is 1. The van der Waals surface area contributed by atoms with Gasteiger partial charge in [0.05, 0.1) is 31.3 Å². The zero-order chi connectivity index (χ0) is 44.5. The number of fused-ring (bicyclic) bond motifs is 1. The highest BCUT2D eigenvalue weighted by atomic mass is 16.5. The van der Waals surface area contributed by atoms with Crippen molar-refractivity contribution < 1.29 is 39.8 Å². The number of carbonyl (C=O) groups is 1. The molecule has 6 aromatic rings. The van der Waals surface area contributed by atoms with Crippen LogP contribution in [0.1, 0.15) is 90.0 Å². The molecule has 7 rings (SSSR count). The number of phenolic OH excluding ortho intramolecular Hbond substituents is 3. The first kappa shape index (κ1) is 45.2. The molecule has 5 aromatic carbocycles. The van der Waals surface area contributed by atoms with Gasteiger partial charge in [0.1, 0.15) is 11.5 Å². The number of carbonyl (C=O) groups excluding carboxylic acids is 1. The van der Waals surface area contributed by atoms with E-state index in [4.69, 9.17) is 9.47 Å². The summed E-state index contributed by atoms with van der Waals surface area (Å²) in [5.41, 5.74) is 5.07. The Morgan fingerprint density at radius 3 is 2.37 bits per heavy atom. The fourth-order valence-corrected chi connectivity index (χ4v) is 9.62. The van der Waals surface area contributed by atoms with Crippen molar-refractivity contribution in [3.63, 3.8) is 0 Å². The van der Waals surface area contributed by atoms with E-state index in [1.165, 1.54) is 11.6 Å². The number of aromatic nitrogens is 1. The van der Waals surface area contributed by atoms with Gasteiger partial charge >= 0.3 is 0 Å². The number of aliphatic hydroxyl groups excluding tert-OH is 2. The van der Waals surface area contributed by atoms with Gasteiger partial charge in [-0.1, -0.05) is 79.6 Å². The van der Waals surface area contributed by atoms with Gasteiger partial charge in [-0.15, -0.1) is 0 Å². The minimum absolute atomic E-state index is 0.00391. The van der Waals surface area contributed by atoms with Crippen molar-refractivity contribution in [3.8, 4) is 28.7 Å². The zero-order valence-corrected chi connectivity index (χ0v) is 36.6. The molecule has 10 nitrogen and oxygen atoms in total. The molecule has 3 atom stereocenters. The van der Waals surface area contributed by atoms with E-state index in [-0.39, 0.29) is 36.2 Å². The smallest absolute Gasteiger partial charge is 0.164 e. The van der Waals surface area contributed by atoms with Crippen LogP contribution in [0.2, 0.25) is 0 Å². The first-order chi connectivity index (χ1) is 30.5. The number of Topliss-reactive ketones (excluding diaryl/α,β-unsaturated/α-hetero) is 1. The highest BCUT2D eigenvalue weighted by Gasteiger charge is 2.42. The Labute approximate surface area is 370 Å². The molecule has 332 valence electrons. The van der Waals surface area contributed by atoms with E-state index in [1.54, 1.807) is 56.9 Å². The average Bonchev–Trinajstić information content (AvgIpc) is 3.81. The van der Waals surface area contributed by atoms with Gasteiger partial charge in [0.25, 0.3) is 0 Å². The molecule has 0 amide bonds. The van der Waals surface area contributed by atoms with E-state index >= 15 is 4.79 Å². The van der Waals surface area contributed by atoms with Gasteiger partial charge in [-0.05, 0) is 139 Å². The second-order valence-electron chi connectivity index (χ2n) is 17.3. The number of nitrogens with zero attached hydrogens (tertiary/aromatic N) is 1. The van der Waals surface area contributed by atoms with Gasteiger partial charge in [0.2, 0.25) is 0 Å². The average molecular weight is 854 g/mol. The fraction of sp³-hybridized carbons (Fsp3) is 0.377. The zero-order valence-electron chi connectivity index (χ0n) is 36.6. The number of rotatable bonds is 20. The number of aliphatic hydroxyl groups is 2. The summed E-state index contributed by atoms with van der Waals surface area (Å²) >= 11 is 0. The summed E-state index contributed by atoms with van der Waals surface area (Å²) in [7, 11) is 3.33. The normalized spacial score (nSPS) is 15.2. The topological polar surface area (TPSA) is 163 Å². The Hall–Kier alpha value is -5.81. The van der Waals surface area contributed by atoms with E-state index in [9.17, 15) is 25.5 Å². The van der Waals surface area contributed by atoms with E-state index in [0.717, 1.165) is 77.1 Å². The number of hydrogen-bond acceptors (Lipinski definition) is 9. The Morgan fingerprint density at radius 2 is 1.63 bits per heavy atom. The third-order valence-electron chi connectivity index (χ3n) is 13.0. The molecule has 10 heteroatoms. The third kappa shape index (κ3) is 10.4. The first-order valence-corrected chi connectivity index (χ1v) is 22.3. The highest BCUT2D eigenvalue weighted by Crippen LogP contribution is 2.41. The lowest BCUT2D eigenvalue weighted by atomic mass is 9.70. The summed E-state index contributed by atoms with van der Waals surface area (Å²) in [6.45, 7) is 1.93. The predicted octanol–water partition coefficient (Wildman–Crippen LogP) is 8.40. The minimum atomic E-state index is -1.59. The summed E-state index contributed by atoms with van der Waals surface area (Å²) in [5, 5.41) is 62.3. The Bertz CT molecular complexity index is 2480. The number of ketones is 1. The second kappa shape index (κ2) is 20.6. The molecule has 63 heavy (non-hydrogen) atoms. The van der Waals surface area contributed by atoms with Gasteiger partial charge in [-0.3, -0.25) is 4.79 Å². The summed E-state index contributed by atoms with van der Waals surface area (Å²) in [6, 6.07) is 27.9. The van der Waals surface area contributed by atoms with Crippen molar-refractivity contribution >= 4 is 16.6 Å². The van der Waals surface area contributed by atoms with Crippen molar-refractivity contribution in [1.82, 2.24) is 10.3 Å². The van der Waals surface area contributed by atoms with Crippen molar-refractivity contribution in [2.24, 2.45) is 5.92 Å². The standard InChI is InChI=1S/C53H61N2O8/c1-4-37-15-16-38-10-8-9-13-44(38)45(37)28-46-39(17-19-48(59)52(46)62-3)26-40(22-35-20-21-55-32-35)49(60)29-51(61)53(33-56,41-23-36(31-54-2)24-42(57)27-41)30-34-14-18-47(58)50(25-34)63-43-11-6-5-7-12-43/h8-10,13-21,23-25,27,32,40,43,49,54,56-60H,4-7,11-12,22,26,28-31,33H2,1-3H3/q-1/t40-,49+,53-/m0/s1. The van der Waals surface area contributed by atoms with E-state index < -0.39 is 29.8 Å². The Morgan fingerprint density at radius 1 is 0.857 bits per heavy atom. The van der Waals surface area contributed by atoms with Crippen molar-refractivity contribution in [3.05, 3.63) is 148 Å². The number of methoxy groups -OCH3 is 1. The van der Waals surface area contributed by atoms with Crippen molar-refractivity contribution in [2.45, 2.75) is 102 Å². The van der Waals surface area contributed by atoms with Crippen LogP contribution in [0.5, 0.6) is 28.7 Å². The van der Waals surface area contributed by atoms with Gasteiger partial charge in [-0.25, -0.2) is 0 Å². The minimum Gasteiger partial charge on any atom is -0.670 e. The molecular formula is C53H61N2O8-. The molecule has 0 unspecified atom stereocenters. The Kier molecular flexibility index (Phi) is 14.8. The molecular weight excluding hydrogens is 793 g/mol. The molecule has 1 aromatic heterocycles. The number of benzene rings is 5. The fourth-order valence-electron chi connectivity index (χ4n) is 9.62. The maximum Gasteiger partial charge on any atom is 0.164 e. The van der Waals surface area contributed by atoms with Gasteiger partial charge < -0.3 is 45.3 Å². The summed E-state index contributed by atoms with van der Waals surface area (Å²) in [4.78, 5) is 19.5. The van der Waals surface area contributed by atoms with Crippen molar-refractivity contribution in [1.29, 1.82) is 0 Å². The van der Waals surface area contributed by atoms with Crippen molar-refractivity contribution in [2.75, 3.05) is 20.8 Å². The molecule has 1 aliphatic rings. The maximum absolute atomic E-state index is 15.2. The number of phenols is 3. The van der Waals surface area contributed by atoms with Crippen LogP contribution in [0.4, 0.5) is 0 Å². The molecule has 0 aliphatic heterocycles. The van der Waals surface area contributed by atoms with E-state index in [0.29, 0.717) is 48.4 Å². The molecule has 1 fully saturated rings. The van der Waals surface area contributed by atoms with Gasteiger partial charge in [-0.2, -0.15) is 12.4 Å². The summed E-state index contributed by atoms with van der Waals surface area (Å²) in [6.07, 6.45) is 9.00. The van der Waals surface area contributed by atoms with Crippen LogP contribution in [0.3, 0.4) is 0 Å². The monoisotopic (exact) mass is 853 g/mol. The van der Waals surface area contributed by atoms with Crippen LogP contribution in [-0.2, 0) is 48.9 Å². The summed E-state index contributed by atoms with van der Waals surface area (Å²) in [5.74, 6) is -0.265. The number of ether oxygens (including phenoxy) is 2. The molecule has 0 radical (unpaired) electrons. The number of hydrogen-bond donors (Lipinski definition) is 6. The van der Waals surface area contributed by atoms with E-state index in [1.807, 2.05) is 30.3 Å². The van der Waals surface area contributed by atoms with Gasteiger partial charge in [0.15, 0.2) is 23.0 Å². The van der Waals surface area contributed by atoms with Gasteiger partial charge in [0, 0.05) is 24.9 Å². The number of aromatic hydroxyl groups is 3. The molecule has 0 spiro atoms. The summed E-state index contributed by atoms with van der Waals surface area (Å²) < 4.78 is 12.2. The highest BCUT2D eigenvalue weighted by molar-refractivity contribution is 5.91. The Balaban J connectivity index is 1.26. The number of aryl methyl sites for hydroxylation is 1. The van der Waals surface area contributed by atoms with Crippen LogP contribution in [0.15, 0.2) is 103 Å². The molecule has 1 saturated carbocycles. The lowest BCUT2D eigenvalue weighted by molar-refractivity contribution is -0.129. The first-order valence-electron chi connectivity index (χ1n) is 22.3. The third-order valence-corrected chi connectivity index (χ3v) is 13.0. The molecule has 1 aliphatic carbocycles. The van der Waals surface area contributed by atoms with Crippen LogP contribution < -0.4 is 19.8 Å². The van der Waals surface area contributed by atoms with Crippen LogP contribution in [0.25, 0.3) is 10.8 Å². The van der Waals surface area contributed by atoms with Crippen LogP contribution >= 0.6 is 0 Å². The molecule has 0 saturated heterocycles. The molecule has 1 heterocycles. The predicted molar refractivity (Wildman–Crippen MR) is 246 cm³/mol. The lowest BCUT2D eigenvalue weighted by Gasteiger charge is -2.34. The van der Waals surface area contributed by atoms with Crippen LogP contribution in [-0.4, -0.2) is 64.3 Å². The van der Waals surface area contributed by atoms with E-state index in [2.05, 4.69) is 41.5 Å². The van der Waals surface area contributed by atoms with Crippen LogP contribution in [0, 0.1) is 5.92 Å². The second-order valence-corrected chi connectivity index (χ2v) is 17.3. The molecule has 6 N–H and O–H groups in total. The SMILES string of the molecule is CCc1ccc2ccccc2c1Cc1c(C[C@H](Cc2cc[n-]c2)[C@H](O)CC(=O)[C@](CO)(Cc2ccc(O)c(OC3CCCCC3)c2)c2cc(O)cc(CNC)c2)ccc(O)c1OC. The maximum atomic E-state index is 15.2. The quantitative estimate of drug-likeness (QED) is 0.0440.